The minimum absolute atomic E-state index is 0.801. The van der Waals surface area contributed by atoms with Gasteiger partial charge in [0.2, 0.25) is 0 Å². The standard InChI is InChI=1S/C8H9NS/c1-3-4-5-8-9-6-7(2)10-8/h6H,5H2,1-2H3. The van der Waals surface area contributed by atoms with Crippen LogP contribution in [0.15, 0.2) is 6.20 Å². The van der Waals surface area contributed by atoms with E-state index in [1.807, 2.05) is 13.1 Å². The van der Waals surface area contributed by atoms with Gasteiger partial charge in [0.25, 0.3) is 0 Å². The van der Waals surface area contributed by atoms with Crippen LogP contribution in [-0.4, -0.2) is 4.98 Å². The number of hydrogen-bond acceptors (Lipinski definition) is 2. The molecule has 0 spiro atoms. The van der Waals surface area contributed by atoms with Gasteiger partial charge in [-0.25, -0.2) is 4.98 Å². The third-order valence-corrected chi connectivity index (χ3v) is 2.00. The topological polar surface area (TPSA) is 12.9 Å². The van der Waals surface area contributed by atoms with Gasteiger partial charge in [-0.3, -0.25) is 0 Å². The summed E-state index contributed by atoms with van der Waals surface area (Å²) in [4.78, 5) is 5.43. The Morgan fingerprint density at radius 1 is 1.70 bits per heavy atom. The van der Waals surface area contributed by atoms with Crippen molar-refractivity contribution < 1.29 is 0 Å². The molecule has 0 saturated heterocycles. The molecule has 1 aromatic heterocycles. The summed E-state index contributed by atoms with van der Waals surface area (Å²) in [5, 5.41) is 1.12. The van der Waals surface area contributed by atoms with Crippen molar-refractivity contribution in [1.82, 2.24) is 4.98 Å². The number of nitrogens with zero attached hydrogens (tertiary/aromatic N) is 1. The average Bonchev–Trinajstić information content (AvgIpc) is 2.31. The normalized spacial score (nSPS) is 8.60. The van der Waals surface area contributed by atoms with Gasteiger partial charge < -0.3 is 0 Å². The average molecular weight is 151 g/mol. The van der Waals surface area contributed by atoms with E-state index in [1.165, 1.54) is 4.88 Å². The third-order valence-electron chi connectivity index (χ3n) is 1.09. The van der Waals surface area contributed by atoms with Crippen molar-refractivity contribution in [3.8, 4) is 11.8 Å². The van der Waals surface area contributed by atoms with Crippen LogP contribution in [-0.2, 0) is 6.42 Å². The summed E-state index contributed by atoms with van der Waals surface area (Å²) >= 11 is 1.71. The molecular formula is C8H9NS. The lowest BCUT2D eigenvalue weighted by atomic mass is 10.4. The minimum atomic E-state index is 0.801. The first-order valence-corrected chi connectivity index (χ1v) is 3.95. The van der Waals surface area contributed by atoms with E-state index in [9.17, 15) is 0 Å². The molecule has 52 valence electrons. The van der Waals surface area contributed by atoms with Crippen molar-refractivity contribution in [1.29, 1.82) is 0 Å². The molecule has 0 radical (unpaired) electrons. The third kappa shape index (κ3) is 1.85. The van der Waals surface area contributed by atoms with Crippen molar-refractivity contribution in [3.63, 3.8) is 0 Å². The highest BCUT2D eigenvalue weighted by Gasteiger charge is 1.93. The van der Waals surface area contributed by atoms with Crippen LogP contribution in [0.3, 0.4) is 0 Å². The van der Waals surface area contributed by atoms with E-state index in [1.54, 1.807) is 11.3 Å². The molecule has 1 heterocycles. The van der Waals surface area contributed by atoms with E-state index in [0.29, 0.717) is 0 Å². The molecule has 0 atom stereocenters. The largest absolute Gasteiger partial charge is 0.248 e. The molecule has 0 aliphatic rings. The maximum absolute atomic E-state index is 4.17. The van der Waals surface area contributed by atoms with Gasteiger partial charge in [0.15, 0.2) is 0 Å². The second-order valence-corrected chi connectivity index (χ2v) is 3.29. The van der Waals surface area contributed by atoms with Crippen LogP contribution >= 0.6 is 11.3 Å². The fourth-order valence-electron chi connectivity index (χ4n) is 0.647. The van der Waals surface area contributed by atoms with E-state index in [2.05, 4.69) is 23.7 Å². The summed E-state index contributed by atoms with van der Waals surface area (Å²) in [6, 6.07) is 0. The zero-order chi connectivity index (χ0) is 7.40. The molecule has 0 aliphatic carbocycles. The fraction of sp³-hybridized carbons (Fsp3) is 0.375. The Hall–Kier alpha value is -0.810. The highest BCUT2D eigenvalue weighted by molar-refractivity contribution is 7.11. The Morgan fingerprint density at radius 2 is 2.50 bits per heavy atom. The van der Waals surface area contributed by atoms with Gasteiger partial charge in [-0.15, -0.1) is 17.3 Å². The van der Waals surface area contributed by atoms with Crippen LogP contribution in [0.4, 0.5) is 0 Å². The summed E-state index contributed by atoms with van der Waals surface area (Å²) in [7, 11) is 0. The highest BCUT2D eigenvalue weighted by Crippen LogP contribution is 2.10. The SMILES string of the molecule is CC#CCc1ncc(C)s1. The number of hydrogen-bond donors (Lipinski definition) is 0. The van der Waals surface area contributed by atoms with E-state index in [4.69, 9.17) is 0 Å². The zero-order valence-electron chi connectivity index (χ0n) is 6.14. The molecule has 0 saturated carbocycles. The van der Waals surface area contributed by atoms with Crippen LogP contribution in [0.25, 0.3) is 0 Å². The van der Waals surface area contributed by atoms with Gasteiger partial charge in [-0.1, -0.05) is 5.92 Å². The van der Waals surface area contributed by atoms with Gasteiger partial charge >= 0.3 is 0 Å². The number of aromatic nitrogens is 1. The Bertz CT molecular complexity index is 264. The maximum atomic E-state index is 4.17. The van der Waals surface area contributed by atoms with Crippen molar-refractivity contribution in [3.05, 3.63) is 16.1 Å². The van der Waals surface area contributed by atoms with Crippen LogP contribution in [0.5, 0.6) is 0 Å². The Balaban J connectivity index is 2.64. The molecule has 0 fully saturated rings. The number of rotatable bonds is 1. The maximum Gasteiger partial charge on any atom is 0.105 e. The zero-order valence-corrected chi connectivity index (χ0v) is 6.96. The van der Waals surface area contributed by atoms with Crippen molar-refractivity contribution in [2.24, 2.45) is 0 Å². The first-order chi connectivity index (χ1) is 4.83. The Kier molecular flexibility index (Phi) is 2.47. The molecular weight excluding hydrogens is 142 g/mol. The molecule has 1 nitrogen and oxygen atoms in total. The van der Waals surface area contributed by atoms with E-state index in [0.717, 1.165) is 11.4 Å². The van der Waals surface area contributed by atoms with Gasteiger partial charge in [-0.05, 0) is 13.8 Å². The Labute approximate surface area is 65.1 Å². The van der Waals surface area contributed by atoms with Crippen molar-refractivity contribution in [2.45, 2.75) is 20.3 Å². The first-order valence-electron chi connectivity index (χ1n) is 3.14. The fourth-order valence-corrected chi connectivity index (χ4v) is 1.37. The number of thiazole rings is 1. The summed E-state index contributed by atoms with van der Waals surface area (Å²) in [6.45, 7) is 3.90. The molecule has 0 bridgehead atoms. The van der Waals surface area contributed by atoms with Crippen LogP contribution in [0.1, 0.15) is 16.8 Å². The van der Waals surface area contributed by atoms with Gasteiger partial charge in [-0.2, -0.15) is 0 Å². The van der Waals surface area contributed by atoms with E-state index >= 15 is 0 Å². The smallest absolute Gasteiger partial charge is 0.105 e. The van der Waals surface area contributed by atoms with Gasteiger partial charge in [0, 0.05) is 11.1 Å². The first kappa shape index (κ1) is 7.30. The highest BCUT2D eigenvalue weighted by atomic mass is 32.1. The molecule has 0 aromatic carbocycles. The van der Waals surface area contributed by atoms with Crippen LogP contribution in [0.2, 0.25) is 0 Å². The predicted octanol–water partition coefficient (Wildman–Crippen LogP) is 2.02. The lowest BCUT2D eigenvalue weighted by Crippen LogP contribution is -1.75. The van der Waals surface area contributed by atoms with E-state index in [-0.39, 0.29) is 0 Å². The predicted molar refractivity (Wildman–Crippen MR) is 44.0 cm³/mol. The molecule has 2 heteroatoms. The molecule has 0 N–H and O–H groups in total. The van der Waals surface area contributed by atoms with Crippen molar-refractivity contribution in [2.75, 3.05) is 0 Å². The van der Waals surface area contributed by atoms with Gasteiger partial charge in [0.05, 0.1) is 6.42 Å². The molecule has 1 aromatic rings. The molecule has 10 heavy (non-hydrogen) atoms. The quantitative estimate of drug-likeness (QED) is 0.559. The van der Waals surface area contributed by atoms with Crippen LogP contribution < -0.4 is 0 Å². The Morgan fingerprint density at radius 3 is 3.00 bits per heavy atom. The number of aryl methyl sites for hydroxylation is 1. The monoisotopic (exact) mass is 151 g/mol. The lowest BCUT2D eigenvalue weighted by molar-refractivity contribution is 1.21. The summed E-state index contributed by atoms with van der Waals surface area (Å²) in [6.07, 6.45) is 2.69. The second-order valence-electron chi connectivity index (χ2n) is 1.97. The summed E-state index contributed by atoms with van der Waals surface area (Å²) < 4.78 is 0. The second kappa shape index (κ2) is 3.38. The lowest BCUT2D eigenvalue weighted by Gasteiger charge is -1.79. The molecule has 0 aliphatic heterocycles. The summed E-state index contributed by atoms with van der Waals surface area (Å²) in [5.41, 5.74) is 0. The van der Waals surface area contributed by atoms with Gasteiger partial charge in [0.1, 0.15) is 5.01 Å². The van der Waals surface area contributed by atoms with Crippen molar-refractivity contribution >= 4 is 11.3 Å². The summed E-state index contributed by atoms with van der Waals surface area (Å²) in [5.74, 6) is 5.82. The molecule has 0 unspecified atom stereocenters. The van der Waals surface area contributed by atoms with E-state index < -0.39 is 0 Å². The minimum Gasteiger partial charge on any atom is -0.248 e. The molecule has 0 amide bonds. The van der Waals surface area contributed by atoms with Crippen LogP contribution in [0, 0.1) is 18.8 Å². The molecule has 1 rings (SSSR count).